The molecule has 2 aromatic rings. The summed E-state index contributed by atoms with van der Waals surface area (Å²) in [7, 11) is 3.34. The number of carbonyl (C=O) groups excluding carboxylic acids is 2. The Hall–Kier alpha value is -1.93. The van der Waals surface area contributed by atoms with Gasteiger partial charge in [0.05, 0.1) is 11.0 Å². The van der Waals surface area contributed by atoms with Gasteiger partial charge in [-0.2, -0.15) is 0 Å². The number of aryl methyl sites for hydroxylation is 1. The molecule has 14 heteroatoms. The van der Waals surface area contributed by atoms with Crippen LogP contribution in [0.15, 0.2) is 33.3 Å². The molecule has 31 heavy (non-hydrogen) atoms. The molecule has 1 N–H and O–H groups in total. The monoisotopic (exact) mass is 471 g/mol. The fourth-order valence-corrected chi connectivity index (χ4v) is 6.08. The normalized spacial score (nSPS) is 23.9. The van der Waals surface area contributed by atoms with Gasteiger partial charge in [0.15, 0.2) is 0 Å². The number of thioether (sulfide) groups is 1. The molecule has 0 unspecified atom stereocenters. The van der Waals surface area contributed by atoms with E-state index in [9.17, 15) is 19.5 Å². The molecule has 5 rings (SSSR count). The summed E-state index contributed by atoms with van der Waals surface area (Å²) in [6, 6.07) is 2.51. The first-order chi connectivity index (χ1) is 14.4. The number of tetrazole rings is 1. The smallest absolute Gasteiger partial charge is 1.00 e. The van der Waals surface area contributed by atoms with E-state index in [4.69, 9.17) is 0 Å². The number of hydrogen-bond acceptors (Lipinski definition) is 8. The van der Waals surface area contributed by atoms with Crippen LogP contribution in [0.4, 0.5) is 9.80 Å². The Morgan fingerprint density at radius 2 is 2.19 bits per heavy atom. The fourth-order valence-electron chi connectivity index (χ4n) is 4.34. The van der Waals surface area contributed by atoms with Gasteiger partial charge in [-0.15, -0.1) is 16.4 Å². The molecule has 3 aliphatic rings. The fraction of sp³-hybridized carbons (Fsp3) is 0.412. The van der Waals surface area contributed by atoms with Crippen LogP contribution in [-0.2, 0) is 16.6 Å². The van der Waals surface area contributed by atoms with E-state index in [0.717, 1.165) is 16.8 Å². The molecule has 0 aromatic carbocycles. The van der Waals surface area contributed by atoms with Crippen molar-refractivity contribution in [1.29, 1.82) is 0 Å². The van der Waals surface area contributed by atoms with Gasteiger partial charge in [-0.05, 0) is 34.4 Å². The number of hydrogen-bond donors (Lipinski definition) is 1. The van der Waals surface area contributed by atoms with Crippen LogP contribution in [0.3, 0.4) is 0 Å². The summed E-state index contributed by atoms with van der Waals surface area (Å²) in [6.07, 6.45) is 0.441. The third kappa shape index (κ3) is 3.39. The maximum Gasteiger partial charge on any atom is 1.00 e. The van der Waals surface area contributed by atoms with E-state index in [1.807, 2.05) is 17.5 Å². The SMILES string of the molecule is CN(C(=O)N1C[C@H]2CC(Sc3nnnn3C)=C(C(=O)O)N3C(=O)[C@@H]1[C@@H]23)c1cccs1.[H-].[Na+]. The number of thiophene rings is 1. The number of likely N-dealkylation sites (tertiary alicyclic amines) is 1. The number of carbonyl (C=O) groups is 3. The predicted molar refractivity (Wildman–Crippen MR) is 108 cm³/mol. The second-order valence-corrected chi connectivity index (χ2v) is 9.31. The summed E-state index contributed by atoms with van der Waals surface area (Å²) in [4.78, 5) is 43.0. The minimum Gasteiger partial charge on any atom is -1.00 e. The molecule has 11 nitrogen and oxygen atoms in total. The van der Waals surface area contributed by atoms with E-state index in [-0.39, 0.29) is 60.6 Å². The van der Waals surface area contributed by atoms with Crippen molar-refractivity contribution in [2.45, 2.75) is 23.7 Å². The van der Waals surface area contributed by atoms with Crippen molar-refractivity contribution in [3.63, 3.8) is 0 Å². The molecular formula is C17H18N7NaO4S2. The van der Waals surface area contributed by atoms with Gasteiger partial charge in [0, 0.05) is 31.5 Å². The van der Waals surface area contributed by atoms with Crippen molar-refractivity contribution in [3.05, 3.63) is 28.1 Å². The molecule has 2 fully saturated rings. The van der Waals surface area contributed by atoms with Gasteiger partial charge in [0.2, 0.25) is 5.16 Å². The van der Waals surface area contributed by atoms with Gasteiger partial charge in [0.25, 0.3) is 5.91 Å². The zero-order valence-electron chi connectivity index (χ0n) is 18.0. The summed E-state index contributed by atoms with van der Waals surface area (Å²) < 4.78 is 1.45. The number of urea groups is 1. The minimum absolute atomic E-state index is 0. The number of β-lactam (4-membered cyclic amide) rings is 1. The number of amides is 3. The topological polar surface area (TPSA) is 125 Å². The van der Waals surface area contributed by atoms with Crippen molar-refractivity contribution in [2.24, 2.45) is 13.0 Å². The summed E-state index contributed by atoms with van der Waals surface area (Å²) >= 11 is 2.59. The van der Waals surface area contributed by atoms with Gasteiger partial charge in [-0.25, -0.2) is 14.3 Å². The van der Waals surface area contributed by atoms with E-state index >= 15 is 0 Å². The number of aromatic nitrogens is 4. The Labute approximate surface area is 208 Å². The van der Waals surface area contributed by atoms with Crippen LogP contribution in [0.25, 0.3) is 0 Å². The van der Waals surface area contributed by atoms with E-state index in [1.165, 1.54) is 25.8 Å². The molecule has 0 radical (unpaired) electrons. The van der Waals surface area contributed by atoms with Crippen LogP contribution >= 0.6 is 23.1 Å². The third-order valence-corrected chi connectivity index (χ3v) is 7.76. The predicted octanol–water partition coefficient (Wildman–Crippen LogP) is -2.05. The molecule has 3 amide bonds. The summed E-state index contributed by atoms with van der Waals surface area (Å²) in [6.45, 7) is 0.389. The Kier molecular flexibility index (Phi) is 5.89. The molecular weight excluding hydrogens is 453 g/mol. The number of carboxylic acids is 1. The van der Waals surface area contributed by atoms with Crippen LogP contribution < -0.4 is 34.5 Å². The second kappa shape index (κ2) is 8.20. The molecule has 0 aliphatic carbocycles. The average Bonchev–Trinajstić information content (AvgIpc) is 3.44. The molecule has 3 atom stereocenters. The maximum atomic E-state index is 13.1. The Bertz CT molecular complexity index is 1090. The van der Waals surface area contributed by atoms with Gasteiger partial charge < -0.3 is 11.4 Å². The molecule has 158 valence electrons. The number of rotatable bonds is 4. The minimum atomic E-state index is -1.17. The number of allylic oxidation sites excluding steroid dienone is 1. The first-order valence-electron chi connectivity index (χ1n) is 9.16. The standard InChI is InChI=1S/C17H17N7O4S2.Na.H/c1-21(10-4-3-5-29-10)17(28)23-7-8-6-9(30-16-18-19-20-22(16)2)12(15(26)27)24-11(8)13(23)14(24)25;;/h3-5,8,11,13H,6-7H2,1-2H3,(H,26,27);;/q;+1;-1/t8-,11-,13+;;/m1../s1. The Morgan fingerprint density at radius 1 is 1.42 bits per heavy atom. The number of aliphatic carboxylic acids is 1. The van der Waals surface area contributed by atoms with Crippen LogP contribution in [0.5, 0.6) is 0 Å². The van der Waals surface area contributed by atoms with Gasteiger partial charge in [0.1, 0.15) is 11.7 Å². The van der Waals surface area contributed by atoms with Crippen LogP contribution in [-0.4, -0.2) is 78.7 Å². The molecule has 0 bridgehead atoms. The summed E-state index contributed by atoms with van der Waals surface area (Å²) in [5.74, 6) is -1.57. The average molecular weight is 472 g/mol. The Balaban J connectivity index is 0.00000144. The largest absolute Gasteiger partial charge is 1.00 e. The molecule has 2 aromatic heterocycles. The van der Waals surface area contributed by atoms with Crippen molar-refractivity contribution >= 4 is 46.0 Å². The summed E-state index contributed by atoms with van der Waals surface area (Å²) in [5, 5.41) is 24.2. The van der Waals surface area contributed by atoms with E-state index in [0.29, 0.717) is 23.0 Å². The van der Waals surface area contributed by atoms with Crippen molar-refractivity contribution in [3.8, 4) is 0 Å². The first kappa shape index (κ1) is 22.3. The zero-order valence-corrected chi connectivity index (χ0v) is 20.6. The number of carboxylic acid groups (broad SMARTS) is 1. The molecule has 5 heterocycles. The van der Waals surface area contributed by atoms with Gasteiger partial charge in [-0.1, -0.05) is 11.8 Å². The second-order valence-electron chi connectivity index (χ2n) is 7.32. The van der Waals surface area contributed by atoms with E-state index in [1.54, 1.807) is 19.0 Å². The van der Waals surface area contributed by atoms with Crippen LogP contribution in [0.1, 0.15) is 7.85 Å². The van der Waals surface area contributed by atoms with Crippen LogP contribution in [0.2, 0.25) is 0 Å². The quantitative estimate of drug-likeness (QED) is 0.399. The molecule has 0 saturated carbocycles. The van der Waals surface area contributed by atoms with Crippen molar-refractivity contribution in [1.82, 2.24) is 30.0 Å². The molecule has 3 aliphatic heterocycles. The van der Waals surface area contributed by atoms with Gasteiger partial charge in [-0.3, -0.25) is 14.6 Å². The van der Waals surface area contributed by atoms with Crippen molar-refractivity contribution in [2.75, 3.05) is 18.5 Å². The Morgan fingerprint density at radius 3 is 2.81 bits per heavy atom. The van der Waals surface area contributed by atoms with Crippen LogP contribution in [0, 0.1) is 5.92 Å². The van der Waals surface area contributed by atoms with Crippen molar-refractivity contribution < 1.29 is 50.5 Å². The maximum absolute atomic E-state index is 13.1. The first-order valence-corrected chi connectivity index (χ1v) is 10.9. The number of nitrogens with zero attached hydrogens (tertiary/aromatic N) is 7. The zero-order chi connectivity index (χ0) is 21.2. The van der Waals surface area contributed by atoms with E-state index in [2.05, 4.69) is 15.5 Å². The molecule has 2 saturated heterocycles. The third-order valence-electron chi connectivity index (χ3n) is 5.68. The van der Waals surface area contributed by atoms with Gasteiger partial charge >= 0.3 is 41.6 Å². The summed E-state index contributed by atoms with van der Waals surface area (Å²) in [5.41, 5.74) is -0.0357. The molecule has 0 spiro atoms. The van der Waals surface area contributed by atoms with E-state index < -0.39 is 12.0 Å². The number of anilines is 1.